The van der Waals surface area contributed by atoms with E-state index in [-0.39, 0.29) is 11.4 Å². The van der Waals surface area contributed by atoms with Crippen molar-refractivity contribution in [2.45, 2.75) is 26.4 Å². The SMILES string of the molecule is CCc1c(F)cc2c(c1F)CNC2. The largest absolute Gasteiger partial charge is 0.308 e. The highest BCUT2D eigenvalue weighted by Gasteiger charge is 2.20. The van der Waals surface area contributed by atoms with Crippen molar-refractivity contribution in [2.24, 2.45) is 0 Å². The summed E-state index contributed by atoms with van der Waals surface area (Å²) in [5, 5.41) is 3.00. The molecule has 3 heteroatoms. The van der Waals surface area contributed by atoms with Crippen LogP contribution in [0.1, 0.15) is 23.6 Å². The van der Waals surface area contributed by atoms with Gasteiger partial charge in [0.15, 0.2) is 0 Å². The van der Waals surface area contributed by atoms with Crippen LogP contribution in [0.15, 0.2) is 6.07 Å². The van der Waals surface area contributed by atoms with Gasteiger partial charge in [-0.05, 0) is 18.1 Å². The topological polar surface area (TPSA) is 12.0 Å². The van der Waals surface area contributed by atoms with E-state index in [4.69, 9.17) is 0 Å². The summed E-state index contributed by atoms with van der Waals surface area (Å²) in [6.07, 6.45) is 0.408. The molecule has 1 nitrogen and oxygen atoms in total. The number of halogens is 2. The molecule has 0 saturated heterocycles. The Balaban J connectivity index is 2.62. The quantitative estimate of drug-likeness (QED) is 0.703. The lowest BCUT2D eigenvalue weighted by Gasteiger charge is -2.06. The second-order valence-electron chi connectivity index (χ2n) is 3.25. The van der Waals surface area contributed by atoms with Gasteiger partial charge in [0.2, 0.25) is 0 Å². The molecule has 0 radical (unpaired) electrons. The fraction of sp³-hybridized carbons (Fsp3) is 0.400. The molecule has 0 bridgehead atoms. The molecule has 0 amide bonds. The average molecular weight is 183 g/mol. The van der Waals surface area contributed by atoms with Crippen LogP contribution in [0.3, 0.4) is 0 Å². The van der Waals surface area contributed by atoms with Crippen LogP contribution in [0.2, 0.25) is 0 Å². The minimum absolute atomic E-state index is 0.211. The number of fused-ring (bicyclic) bond motifs is 1. The van der Waals surface area contributed by atoms with Crippen LogP contribution < -0.4 is 5.32 Å². The molecular formula is C10H11F2N. The predicted octanol–water partition coefficient (Wildman–Crippen LogP) is 2.13. The van der Waals surface area contributed by atoms with Gasteiger partial charge in [0.05, 0.1) is 0 Å². The molecule has 0 atom stereocenters. The standard InChI is InChI=1S/C10H11F2N/c1-2-7-9(11)3-6-4-13-5-8(6)10(7)12/h3,13H,2,4-5H2,1H3. The third-order valence-electron chi connectivity index (χ3n) is 2.48. The lowest BCUT2D eigenvalue weighted by molar-refractivity contribution is 0.549. The predicted molar refractivity (Wildman–Crippen MR) is 46.3 cm³/mol. The van der Waals surface area contributed by atoms with Crippen molar-refractivity contribution in [3.8, 4) is 0 Å². The first kappa shape index (κ1) is 8.63. The molecule has 0 aliphatic carbocycles. The summed E-state index contributed by atoms with van der Waals surface area (Å²) in [4.78, 5) is 0. The lowest BCUT2D eigenvalue weighted by atomic mass is 10.0. The Morgan fingerprint density at radius 2 is 2.15 bits per heavy atom. The highest BCUT2D eigenvalue weighted by atomic mass is 19.1. The van der Waals surface area contributed by atoms with Crippen molar-refractivity contribution in [1.82, 2.24) is 5.32 Å². The van der Waals surface area contributed by atoms with Gasteiger partial charge < -0.3 is 5.32 Å². The molecule has 1 aliphatic heterocycles. The number of rotatable bonds is 1. The highest BCUT2D eigenvalue weighted by molar-refractivity contribution is 5.37. The van der Waals surface area contributed by atoms with E-state index in [0.29, 0.717) is 25.1 Å². The van der Waals surface area contributed by atoms with Crippen LogP contribution in [0.4, 0.5) is 8.78 Å². The third kappa shape index (κ3) is 1.23. The molecule has 0 spiro atoms. The van der Waals surface area contributed by atoms with Gasteiger partial charge in [-0.15, -0.1) is 0 Å². The molecular weight excluding hydrogens is 172 g/mol. The van der Waals surface area contributed by atoms with Gasteiger partial charge in [-0.2, -0.15) is 0 Å². The van der Waals surface area contributed by atoms with Gasteiger partial charge in [-0.25, -0.2) is 8.78 Å². The smallest absolute Gasteiger partial charge is 0.134 e. The number of hydrogen-bond acceptors (Lipinski definition) is 1. The van der Waals surface area contributed by atoms with Gasteiger partial charge in [0.1, 0.15) is 11.6 Å². The average Bonchev–Trinajstić information content (AvgIpc) is 2.53. The summed E-state index contributed by atoms with van der Waals surface area (Å²) in [7, 11) is 0. The molecule has 1 aliphatic rings. The molecule has 0 fully saturated rings. The fourth-order valence-electron chi connectivity index (χ4n) is 1.75. The van der Waals surface area contributed by atoms with Gasteiger partial charge >= 0.3 is 0 Å². The van der Waals surface area contributed by atoms with E-state index in [9.17, 15) is 8.78 Å². The molecule has 2 rings (SSSR count). The highest BCUT2D eigenvalue weighted by Crippen LogP contribution is 2.24. The zero-order valence-electron chi connectivity index (χ0n) is 7.45. The maximum absolute atomic E-state index is 13.6. The van der Waals surface area contributed by atoms with Crippen LogP contribution in [0, 0.1) is 11.6 Å². The first-order chi connectivity index (χ1) is 6.24. The summed E-state index contributed by atoms with van der Waals surface area (Å²) in [5.41, 5.74) is 1.60. The van der Waals surface area contributed by atoms with Crippen molar-refractivity contribution in [3.05, 3.63) is 34.4 Å². The van der Waals surface area contributed by atoms with E-state index in [0.717, 1.165) is 5.56 Å². The minimum atomic E-state index is -0.414. The zero-order chi connectivity index (χ0) is 9.42. The first-order valence-electron chi connectivity index (χ1n) is 4.43. The maximum atomic E-state index is 13.6. The summed E-state index contributed by atoms with van der Waals surface area (Å²) in [6.45, 7) is 2.86. The molecule has 0 unspecified atom stereocenters. The normalized spacial score (nSPS) is 14.7. The molecule has 0 aromatic heterocycles. The molecule has 70 valence electrons. The third-order valence-corrected chi connectivity index (χ3v) is 2.48. The van der Waals surface area contributed by atoms with Crippen LogP contribution in [-0.2, 0) is 19.5 Å². The van der Waals surface area contributed by atoms with E-state index in [2.05, 4.69) is 5.32 Å². The van der Waals surface area contributed by atoms with Gasteiger partial charge in [0, 0.05) is 24.2 Å². The van der Waals surface area contributed by atoms with Crippen molar-refractivity contribution in [1.29, 1.82) is 0 Å². The van der Waals surface area contributed by atoms with Crippen molar-refractivity contribution >= 4 is 0 Å². The Labute approximate surface area is 75.8 Å². The summed E-state index contributed by atoms with van der Waals surface area (Å²) in [6, 6.07) is 1.44. The number of nitrogens with one attached hydrogen (secondary N) is 1. The van der Waals surface area contributed by atoms with Crippen molar-refractivity contribution in [2.75, 3.05) is 0 Å². The van der Waals surface area contributed by atoms with E-state index in [1.54, 1.807) is 6.92 Å². The van der Waals surface area contributed by atoms with E-state index >= 15 is 0 Å². The first-order valence-corrected chi connectivity index (χ1v) is 4.43. The number of benzene rings is 1. The van der Waals surface area contributed by atoms with Crippen molar-refractivity contribution in [3.63, 3.8) is 0 Å². The summed E-state index contributed by atoms with van der Waals surface area (Å²) >= 11 is 0. The van der Waals surface area contributed by atoms with Crippen LogP contribution >= 0.6 is 0 Å². The molecule has 1 aromatic rings. The van der Waals surface area contributed by atoms with Crippen molar-refractivity contribution < 1.29 is 8.78 Å². The second-order valence-corrected chi connectivity index (χ2v) is 3.25. The summed E-state index contributed by atoms with van der Waals surface area (Å²) in [5.74, 6) is -0.773. The lowest BCUT2D eigenvalue weighted by Crippen LogP contribution is -2.01. The Hall–Kier alpha value is -0.960. The maximum Gasteiger partial charge on any atom is 0.134 e. The van der Waals surface area contributed by atoms with Crippen LogP contribution in [0.25, 0.3) is 0 Å². The monoisotopic (exact) mass is 183 g/mol. The zero-order valence-corrected chi connectivity index (χ0v) is 7.45. The van der Waals surface area contributed by atoms with E-state index in [1.165, 1.54) is 6.07 Å². The molecule has 1 N–H and O–H groups in total. The molecule has 1 heterocycles. The van der Waals surface area contributed by atoms with Gasteiger partial charge in [-0.1, -0.05) is 6.92 Å². The Kier molecular flexibility index (Phi) is 2.04. The Morgan fingerprint density at radius 3 is 2.85 bits per heavy atom. The van der Waals surface area contributed by atoms with Crippen LogP contribution in [0.5, 0.6) is 0 Å². The van der Waals surface area contributed by atoms with Crippen LogP contribution in [-0.4, -0.2) is 0 Å². The van der Waals surface area contributed by atoms with Gasteiger partial charge in [0.25, 0.3) is 0 Å². The Morgan fingerprint density at radius 1 is 1.38 bits per heavy atom. The molecule has 0 saturated carbocycles. The summed E-state index contributed by atoms with van der Waals surface area (Å²) < 4.78 is 26.8. The number of hydrogen-bond donors (Lipinski definition) is 1. The molecule has 13 heavy (non-hydrogen) atoms. The fourth-order valence-corrected chi connectivity index (χ4v) is 1.75. The van der Waals surface area contributed by atoms with Gasteiger partial charge in [-0.3, -0.25) is 0 Å². The van der Waals surface area contributed by atoms with E-state index < -0.39 is 5.82 Å². The molecule has 1 aromatic carbocycles. The Bertz CT molecular complexity index is 344. The van der Waals surface area contributed by atoms with E-state index in [1.807, 2.05) is 0 Å². The minimum Gasteiger partial charge on any atom is -0.308 e. The second kappa shape index (κ2) is 3.07.